The highest BCUT2D eigenvalue weighted by atomic mass is 16.5. The highest BCUT2D eigenvalue weighted by molar-refractivity contribution is 5.70. The van der Waals surface area contributed by atoms with E-state index in [4.69, 9.17) is 9.47 Å². The summed E-state index contributed by atoms with van der Waals surface area (Å²) < 4.78 is 10.8. The molecule has 0 rings (SSSR count). The minimum Gasteiger partial charge on any atom is -0.465 e. The van der Waals surface area contributed by atoms with Gasteiger partial charge in [0.05, 0.1) is 24.5 Å². The second-order valence-electron chi connectivity index (χ2n) is 14.9. The summed E-state index contributed by atoms with van der Waals surface area (Å²) >= 11 is 0. The molecule has 6 nitrogen and oxygen atoms in total. The van der Waals surface area contributed by atoms with Crippen molar-refractivity contribution in [3.8, 4) is 0 Å². The molecule has 0 saturated carbocycles. The van der Waals surface area contributed by atoms with Gasteiger partial charge in [-0.1, -0.05) is 194 Å². The second kappa shape index (κ2) is 34.7. The molecule has 0 fully saturated rings. The Bertz CT molecular complexity index is 683. The zero-order chi connectivity index (χ0) is 34.7. The lowest BCUT2D eigenvalue weighted by atomic mass is 9.94. The third kappa shape index (κ3) is 33.1. The van der Waals surface area contributed by atoms with Gasteiger partial charge in [-0.3, -0.25) is 9.59 Å². The van der Waals surface area contributed by atoms with Crippen molar-refractivity contribution < 1.29 is 29.3 Å². The molecule has 0 heterocycles. The number of carbonyl (C=O) groups is 2. The number of hydrogen-bond acceptors (Lipinski definition) is 6. The number of esters is 2. The summed E-state index contributed by atoms with van der Waals surface area (Å²) in [5.41, 5.74) is -0.847. The van der Waals surface area contributed by atoms with Crippen LogP contribution in [-0.2, 0) is 19.1 Å². The number of rotatable bonds is 37. The molecule has 0 aromatic rings. The van der Waals surface area contributed by atoms with Crippen molar-refractivity contribution in [1.29, 1.82) is 0 Å². The fourth-order valence-electron chi connectivity index (χ4n) is 6.11. The number of unbranched alkanes of at least 4 members (excludes halogenated alkanes) is 26. The first kappa shape index (κ1) is 45.9. The molecule has 0 aliphatic rings. The number of aliphatic hydroxyl groups excluding tert-OH is 2. The van der Waals surface area contributed by atoms with Gasteiger partial charge < -0.3 is 19.7 Å². The van der Waals surface area contributed by atoms with E-state index in [9.17, 15) is 19.8 Å². The molecular weight excluding hydrogens is 588 g/mol. The first-order valence-corrected chi connectivity index (χ1v) is 20.5. The normalized spacial score (nSPS) is 13.4. The van der Waals surface area contributed by atoms with Crippen LogP contribution in [0.1, 0.15) is 220 Å². The summed E-state index contributed by atoms with van der Waals surface area (Å²) in [5.74, 6) is -0.741. The quantitative estimate of drug-likeness (QED) is 0.0505. The van der Waals surface area contributed by atoms with Crippen LogP contribution >= 0.6 is 0 Å². The summed E-state index contributed by atoms with van der Waals surface area (Å²) in [4.78, 5) is 24.5. The van der Waals surface area contributed by atoms with Crippen LogP contribution in [0, 0.1) is 5.41 Å². The van der Waals surface area contributed by atoms with Crippen LogP contribution in [0.3, 0.4) is 0 Å². The van der Waals surface area contributed by atoms with Gasteiger partial charge in [0.15, 0.2) is 0 Å². The zero-order valence-corrected chi connectivity index (χ0v) is 31.6. The topological polar surface area (TPSA) is 93.1 Å². The molecule has 0 saturated heterocycles. The van der Waals surface area contributed by atoms with Crippen LogP contribution in [0.5, 0.6) is 0 Å². The smallest absolute Gasteiger partial charge is 0.308 e. The van der Waals surface area contributed by atoms with Gasteiger partial charge in [-0.2, -0.15) is 0 Å². The predicted molar refractivity (Wildman–Crippen MR) is 198 cm³/mol. The average molecular weight is 669 g/mol. The fraction of sp³-hybridized carbons (Fsp3) is 0.951. The Hall–Kier alpha value is -1.14. The van der Waals surface area contributed by atoms with E-state index in [1.807, 2.05) is 0 Å². The third-order valence-electron chi connectivity index (χ3n) is 9.57. The van der Waals surface area contributed by atoms with E-state index in [2.05, 4.69) is 13.8 Å². The molecule has 0 aromatic carbocycles. The first-order chi connectivity index (χ1) is 22.9. The Kier molecular flexibility index (Phi) is 33.9. The van der Waals surface area contributed by atoms with Crippen LogP contribution in [-0.4, -0.2) is 48.1 Å². The van der Waals surface area contributed by atoms with Gasteiger partial charge in [0.1, 0.15) is 13.2 Å². The van der Waals surface area contributed by atoms with E-state index < -0.39 is 17.5 Å². The Balaban J connectivity index is 3.72. The van der Waals surface area contributed by atoms with E-state index in [1.165, 1.54) is 148 Å². The zero-order valence-electron chi connectivity index (χ0n) is 31.6. The third-order valence-corrected chi connectivity index (χ3v) is 9.57. The van der Waals surface area contributed by atoms with Crippen LogP contribution in [0.15, 0.2) is 0 Å². The molecule has 0 bridgehead atoms. The molecule has 280 valence electrons. The van der Waals surface area contributed by atoms with Gasteiger partial charge in [0, 0.05) is 6.42 Å². The molecule has 6 heteroatoms. The lowest BCUT2D eigenvalue weighted by molar-refractivity contribution is -0.156. The Morgan fingerprint density at radius 1 is 0.511 bits per heavy atom. The van der Waals surface area contributed by atoms with Gasteiger partial charge in [0.25, 0.3) is 0 Å². The molecule has 0 radical (unpaired) electrons. The maximum Gasteiger partial charge on any atom is 0.308 e. The SMILES string of the molecule is CCCCCCCCCCCCCCCCCC(=O)OCC(C)(CO)COC(=O)CC(O)CCCCCCCCCCCCCCC. The van der Waals surface area contributed by atoms with Gasteiger partial charge in [-0.25, -0.2) is 0 Å². The fourth-order valence-corrected chi connectivity index (χ4v) is 6.11. The Labute approximate surface area is 291 Å². The molecule has 0 aromatic heterocycles. The lowest BCUT2D eigenvalue weighted by Gasteiger charge is -2.26. The van der Waals surface area contributed by atoms with Gasteiger partial charge in [-0.05, 0) is 12.8 Å². The first-order valence-electron chi connectivity index (χ1n) is 20.5. The molecule has 2 unspecified atom stereocenters. The van der Waals surface area contributed by atoms with Crippen LogP contribution < -0.4 is 0 Å². The highest BCUT2D eigenvalue weighted by Gasteiger charge is 2.28. The molecular formula is C41H80O6. The summed E-state index contributed by atoms with van der Waals surface area (Å²) in [6.07, 6.45) is 36.1. The van der Waals surface area contributed by atoms with Crippen molar-refractivity contribution in [2.24, 2.45) is 5.41 Å². The van der Waals surface area contributed by atoms with Crippen LogP contribution in [0.2, 0.25) is 0 Å². The standard InChI is InChI=1S/C41H80O6/c1-4-6-8-10-12-14-16-18-19-21-23-25-27-29-31-33-39(44)46-36-41(3,35-42)37-47-40(45)34-38(43)32-30-28-26-24-22-20-17-15-13-11-9-7-5-2/h38,42-43H,4-37H2,1-3H3. The maximum atomic E-state index is 12.3. The molecule has 2 N–H and O–H groups in total. The molecule has 47 heavy (non-hydrogen) atoms. The van der Waals surface area contributed by atoms with E-state index in [0.717, 1.165) is 32.1 Å². The van der Waals surface area contributed by atoms with E-state index in [1.54, 1.807) is 6.92 Å². The molecule has 0 aliphatic heterocycles. The van der Waals surface area contributed by atoms with E-state index >= 15 is 0 Å². The second-order valence-corrected chi connectivity index (χ2v) is 14.9. The number of carbonyl (C=O) groups excluding carboxylic acids is 2. The monoisotopic (exact) mass is 669 g/mol. The van der Waals surface area contributed by atoms with Crippen molar-refractivity contribution in [3.05, 3.63) is 0 Å². The predicted octanol–water partition coefficient (Wildman–Crippen LogP) is 11.6. The van der Waals surface area contributed by atoms with E-state index in [-0.39, 0.29) is 32.2 Å². The number of hydrogen-bond donors (Lipinski definition) is 2. The Morgan fingerprint density at radius 3 is 1.19 bits per heavy atom. The minimum atomic E-state index is -0.847. The van der Waals surface area contributed by atoms with Crippen molar-refractivity contribution in [3.63, 3.8) is 0 Å². The van der Waals surface area contributed by atoms with Crippen LogP contribution in [0.4, 0.5) is 0 Å². The molecule has 0 amide bonds. The summed E-state index contributed by atoms with van der Waals surface area (Å²) in [6, 6.07) is 0. The summed E-state index contributed by atoms with van der Waals surface area (Å²) in [6.45, 7) is 5.98. The van der Waals surface area contributed by atoms with E-state index in [0.29, 0.717) is 12.8 Å². The highest BCUT2D eigenvalue weighted by Crippen LogP contribution is 2.19. The number of aliphatic hydroxyl groups is 2. The molecule has 0 spiro atoms. The maximum absolute atomic E-state index is 12.3. The summed E-state index contributed by atoms with van der Waals surface area (Å²) in [7, 11) is 0. The largest absolute Gasteiger partial charge is 0.465 e. The van der Waals surface area contributed by atoms with Gasteiger partial charge >= 0.3 is 11.9 Å². The van der Waals surface area contributed by atoms with Gasteiger partial charge in [-0.15, -0.1) is 0 Å². The lowest BCUT2D eigenvalue weighted by Crippen LogP contribution is -2.35. The average Bonchev–Trinajstić information content (AvgIpc) is 3.06. The Morgan fingerprint density at radius 2 is 0.830 bits per heavy atom. The minimum absolute atomic E-state index is 0.00979. The molecule has 2 atom stereocenters. The number of ether oxygens (including phenoxy) is 2. The van der Waals surface area contributed by atoms with Crippen molar-refractivity contribution in [2.45, 2.75) is 226 Å². The molecule has 0 aliphatic carbocycles. The van der Waals surface area contributed by atoms with Crippen LogP contribution in [0.25, 0.3) is 0 Å². The van der Waals surface area contributed by atoms with Crippen molar-refractivity contribution in [2.75, 3.05) is 19.8 Å². The summed E-state index contributed by atoms with van der Waals surface area (Å²) in [5, 5.41) is 20.1. The van der Waals surface area contributed by atoms with Crippen molar-refractivity contribution >= 4 is 11.9 Å². The van der Waals surface area contributed by atoms with Crippen molar-refractivity contribution in [1.82, 2.24) is 0 Å². The van der Waals surface area contributed by atoms with Gasteiger partial charge in [0.2, 0.25) is 0 Å².